The summed E-state index contributed by atoms with van der Waals surface area (Å²) in [5.74, 6) is 0. The summed E-state index contributed by atoms with van der Waals surface area (Å²) in [4.78, 5) is 0. The first-order chi connectivity index (χ1) is 9.63. The molecule has 0 saturated carbocycles. The number of hydrogen-bond acceptors (Lipinski definition) is 0. The van der Waals surface area contributed by atoms with E-state index in [4.69, 9.17) is 0 Å². The molecule has 0 fully saturated rings. The van der Waals surface area contributed by atoms with Crippen LogP contribution in [0.1, 0.15) is 52.7 Å². The van der Waals surface area contributed by atoms with Crippen molar-refractivity contribution in [2.75, 3.05) is 0 Å². The van der Waals surface area contributed by atoms with Crippen molar-refractivity contribution in [3.05, 3.63) is 54.1 Å². The lowest BCUT2D eigenvalue weighted by Crippen LogP contribution is -2.33. The minimum absolute atomic E-state index is 0.138. The van der Waals surface area contributed by atoms with Gasteiger partial charge in [-0.3, -0.25) is 0 Å². The van der Waals surface area contributed by atoms with Crippen LogP contribution in [0, 0.1) is 5.41 Å². The van der Waals surface area contributed by atoms with Gasteiger partial charge in [-0.2, -0.15) is 0 Å². The quantitative estimate of drug-likeness (QED) is 0.749. The van der Waals surface area contributed by atoms with Crippen LogP contribution in [0.25, 0.3) is 0 Å². The van der Waals surface area contributed by atoms with Gasteiger partial charge in [-0.15, -0.1) is 0 Å². The first-order valence-electron chi connectivity index (χ1n) is 7.79. The van der Waals surface area contributed by atoms with Gasteiger partial charge in [0.25, 0.3) is 0 Å². The van der Waals surface area contributed by atoms with Gasteiger partial charge in [0.15, 0.2) is 0 Å². The minimum Gasteiger partial charge on any atom is -0.233 e. The highest BCUT2D eigenvalue weighted by Gasteiger charge is 2.19. The predicted molar refractivity (Wildman–Crippen MR) is 88.3 cm³/mol. The van der Waals surface area contributed by atoms with Crippen LogP contribution in [0.4, 0.5) is 0 Å². The molecule has 114 valence electrons. The van der Waals surface area contributed by atoms with Gasteiger partial charge >= 0.3 is 0 Å². The van der Waals surface area contributed by atoms with Crippen LogP contribution in [0.15, 0.2) is 43.0 Å². The molecule has 2 rings (SSSR count). The van der Waals surface area contributed by atoms with E-state index in [2.05, 4.69) is 93.7 Å². The van der Waals surface area contributed by atoms with E-state index in [9.17, 15) is 0 Å². The summed E-state index contributed by atoms with van der Waals surface area (Å²) in [6, 6.07) is 8.97. The molecule has 0 aliphatic carbocycles. The second-order valence-corrected chi connectivity index (χ2v) is 8.22. The van der Waals surface area contributed by atoms with Gasteiger partial charge in [-0.05, 0) is 43.7 Å². The second-order valence-electron chi connectivity index (χ2n) is 8.22. The Bertz CT molecular complexity index is 595. The van der Waals surface area contributed by atoms with Crippen molar-refractivity contribution in [1.29, 1.82) is 0 Å². The van der Waals surface area contributed by atoms with E-state index in [0.29, 0.717) is 5.41 Å². The van der Waals surface area contributed by atoms with Crippen LogP contribution in [-0.2, 0) is 18.5 Å². The number of imidazole rings is 1. The largest absolute Gasteiger partial charge is 0.244 e. The molecule has 0 saturated heterocycles. The molecular formula is C19H29N2+. The first-order valence-corrected chi connectivity index (χ1v) is 7.79. The fraction of sp³-hybridized carbons (Fsp3) is 0.526. The second kappa shape index (κ2) is 5.67. The Morgan fingerprint density at radius 1 is 1.00 bits per heavy atom. The number of rotatable bonds is 3. The average Bonchev–Trinajstić information content (AvgIpc) is 2.75. The molecule has 0 amide bonds. The maximum Gasteiger partial charge on any atom is 0.244 e. The zero-order valence-electron chi connectivity index (χ0n) is 14.4. The van der Waals surface area contributed by atoms with Crippen molar-refractivity contribution in [3.63, 3.8) is 0 Å². The lowest BCUT2D eigenvalue weighted by Gasteiger charge is -2.18. The van der Waals surface area contributed by atoms with Gasteiger partial charge in [0.1, 0.15) is 24.5 Å². The van der Waals surface area contributed by atoms with Crippen LogP contribution >= 0.6 is 0 Å². The van der Waals surface area contributed by atoms with Gasteiger partial charge in [-0.1, -0.05) is 45.0 Å². The van der Waals surface area contributed by atoms with Crippen LogP contribution in [0.5, 0.6) is 0 Å². The zero-order valence-corrected chi connectivity index (χ0v) is 14.4. The van der Waals surface area contributed by atoms with Crippen LogP contribution in [-0.4, -0.2) is 4.57 Å². The van der Waals surface area contributed by atoms with Crippen LogP contribution in [0.3, 0.4) is 0 Å². The van der Waals surface area contributed by atoms with Gasteiger partial charge in [0, 0.05) is 0 Å². The molecule has 0 bridgehead atoms. The third-order valence-electron chi connectivity index (χ3n) is 3.56. The zero-order chi connectivity index (χ0) is 15.7. The fourth-order valence-electron chi connectivity index (χ4n) is 2.55. The van der Waals surface area contributed by atoms with E-state index >= 15 is 0 Å². The molecule has 1 aromatic carbocycles. The van der Waals surface area contributed by atoms with Crippen molar-refractivity contribution in [3.8, 4) is 0 Å². The van der Waals surface area contributed by atoms with E-state index in [1.54, 1.807) is 0 Å². The Labute approximate surface area is 129 Å². The molecule has 2 aromatic rings. The van der Waals surface area contributed by atoms with Crippen LogP contribution < -0.4 is 4.57 Å². The molecule has 0 aliphatic heterocycles. The Balaban J connectivity index is 2.13. The molecule has 0 atom stereocenters. The summed E-state index contributed by atoms with van der Waals surface area (Å²) in [7, 11) is 0. The summed E-state index contributed by atoms with van der Waals surface area (Å²) in [6.45, 7) is 14.5. The molecule has 2 heteroatoms. The topological polar surface area (TPSA) is 8.81 Å². The molecule has 2 nitrogen and oxygen atoms in total. The van der Waals surface area contributed by atoms with E-state index in [1.807, 2.05) is 0 Å². The van der Waals surface area contributed by atoms with E-state index in [1.165, 1.54) is 11.1 Å². The van der Waals surface area contributed by atoms with E-state index < -0.39 is 0 Å². The Hall–Kier alpha value is -1.57. The average molecular weight is 285 g/mol. The summed E-state index contributed by atoms with van der Waals surface area (Å²) < 4.78 is 4.51. The highest BCUT2D eigenvalue weighted by Crippen LogP contribution is 2.21. The molecule has 0 unspecified atom stereocenters. The predicted octanol–water partition coefficient (Wildman–Crippen LogP) is 4.17. The van der Waals surface area contributed by atoms with E-state index in [-0.39, 0.29) is 5.54 Å². The molecule has 1 heterocycles. The van der Waals surface area contributed by atoms with Crippen molar-refractivity contribution >= 4 is 0 Å². The maximum atomic E-state index is 2.34. The van der Waals surface area contributed by atoms with Crippen LogP contribution in [0.2, 0.25) is 0 Å². The monoisotopic (exact) mass is 285 g/mol. The molecule has 0 N–H and O–H groups in total. The van der Waals surface area contributed by atoms with E-state index in [0.717, 1.165) is 13.0 Å². The van der Waals surface area contributed by atoms with Crippen molar-refractivity contribution in [2.24, 2.45) is 5.41 Å². The first kappa shape index (κ1) is 15.8. The number of nitrogens with zero attached hydrogens (tertiary/aromatic N) is 2. The molecule has 0 spiro atoms. The minimum atomic E-state index is 0.138. The summed E-state index contributed by atoms with van der Waals surface area (Å²) in [6.07, 6.45) is 7.62. The third-order valence-corrected chi connectivity index (χ3v) is 3.56. The maximum absolute atomic E-state index is 2.34. The highest BCUT2D eigenvalue weighted by molar-refractivity contribution is 5.23. The fourth-order valence-corrected chi connectivity index (χ4v) is 2.55. The Kier molecular flexibility index (Phi) is 4.27. The summed E-state index contributed by atoms with van der Waals surface area (Å²) in [5.41, 5.74) is 3.27. The summed E-state index contributed by atoms with van der Waals surface area (Å²) >= 11 is 0. The standard InChI is InChI=1S/C19H29N2/c1-18(2,3)13-16-8-7-9-17(12-16)14-20-10-11-21(15-20)19(4,5)6/h7-12,15H,13-14H2,1-6H3/q+1. The molecule has 1 aromatic heterocycles. The van der Waals surface area contributed by atoms with Crippen molar-refractivity contribution in [1.82, 2.24) is 4.57 Å². The summed E-state index contributed by atoms with van der Waals surface area (Å²) in [5, 5.41) is 0. The van der Waals surface area contributed by atoms with Crippen molar-refractivity contribution in [2.45, 2.75) is 60.0 Å². The molecule has 21 heavy (non-hydrogen) atoms. The third kappa shape index (κ3) is 4.73. The highest BCUT2D eigenvalue weighted by atomic mass is 15.1. The molecular weight excluding hydrogens is 256 g/mol. The lowest BCUT2D eigenvalue weighted by atomic mass is 9.88. The Morgan fingerprint density at radius 2 is 1.67 bits per heavy atom. The van der Waals surface area contributed by atoms with Gasteiger partial charge in [0.2, 0.25) is 6.33 Å². The molecule has 0 aliphatic rings. The number of benzene rings is 1. The van der Waals surface area contributed by atoms with Gasteiger partial charge < -0.3 is 0 Å². The Morgan fingerprint density at radius 3 is 2.24 bits per heavy atom. The smallest absolute Gasteiger partial charge is 0.233 e. The molecule has 0 radical (unpaired) electrons. The normalized spacial score (nSPS) is 12.7. The van der Waals surface area contributed by atoms with Gasteiger partial charge in [-0.25, -0.2) is 9.13 Å². The number of aromatic nitrogens is 2. The number of hydrogen-bond donors (Lipinski definition) is 0. The lowest BCUT2D eigenvalue weighted by molar-refractivity contribution is -0.688. The van der Waals surface area contributed by atoms with Crippen molar-refractivity contribution < 1.29 is 4.57 Å². The SMILES string of the molecule is CC(C)(C)Cc1cccc(C[n+]2ccn(C(C)(C)C)c2)c1. The van der Waals surface area contributed by atoms with Gasteiger partial charge in [0.05, 0.1) is 0 Å².